The maximum atomic E-state index is 13.1. The van der Waals surface area contributed by atoms with Crippen molar-refractivity contribution >= 4 is 34.8 Å². The fourth-order valence-electron chi connectivity index (χ4n) is 2.31. The first-order valence-corrected chi connectivity index (χ1v) is 7.96. The van der Waals surface area contributed by atoms with Gasteiger partial charge < -0.3 is 15.0 Å². The Labute approximate surface area is 150 Å². The van der Waals surface area contributed by atoms with Crippen molar-refractivity contribution in [1.82, 2.24) is 0 Å². The van der Waals surface area contributed by atoms with Crippen molar-refractivity contribution in [2.75, 3.05) is 23.9 Å². The van der Waals surface area contributed by atoms with E-state index in [9.17, 15) is 14.0 Å². The largest absolute Gasteiger partial charge is 0.495 e. The van der Waals surface area contributed by atoms with E-state index in [0.29, 0.717) is 17.1 Å². The van der Waals surface area contributed by atoms with E-state index in [1.54, 1.807) is 24.3 Å². The summed E-state index contributed by atoms with van der Waals surface area (Å²) in [4.78, 5) is 25.5. The van der Waals surface area contributed by atoms with E-state index >= 15 is 0 Å². The molecule has 0 aliphatic rings. The number of halogens is 2. The van der Waals surface area contributed by atoms with E-state index in [0.717, 1.165) is 0 Å². The van der Waals surface area contributed by atoms with E-state index in [2.05, 4.69) is 5.32 Å². The predicted molar refractivity (Wildman–Crippen MR) is 95.7 cm³/mol. The van der Waals surface area contributed by atoms with Crippen LogP contribution in [0.15, 0.2) is 42.5 Å². The summed E-state index contributed by atoms with van der Waals surface area (Å²) in [5, 5.41) is 2.55. The molecule has 0 atom stereocenters. The number of carbonyl (C=O) groups is 2. The van der Waals surface area contributed by atoms with Crippen LogP contribution in [0.4, 0.5) is 15.8 Å². The maximum absolute atomic E-state index is 13.1. The summed E-state index contributed by atoms with van der Waals surface area (Å²) >= 11 is 5.69. The summed E-state index contributed by atoms with van der Waals surface area (Å²) in [5.74, 6) is -0.534. The minimum Gasteiger partial charge on any atom is -0.495 e. The van der Waals surface area contributed by atoms with Crippen LogP contribution in [0.5, 0.6) is 5.75 Å². The van der Waals surface area contributed by atoms with Crippen LogP contribution in [-0.2, 0) is 9.59 Å². The number of ether oxygens (including phenoxy) is 1. The Bertz CT molecular complexity index is 783. The molecule has 2 aromatic rings. The highest BCUT2D eigenvalue weighted by Crippen LogP contribution is 2.28. The first kappa shape index (κ1) is 18.7. The molecule has 2 rings (SSSR count). The molecule has 5 nitrogen and oxygen atoms in total. The van der Waals surface area contributed by atoms with Gasteiger partial charge in [0.05, 0.1) is 17.8 Å². The monoisotopic (exact) mass is 364 g/mol. The molecule has 25 heavy (non-hydrogen) atoms. The molecular weight excluding hydrogens is 347 g/mol. The topological polar surface area (TPSA) is 58.6 Å². The molecule has 0 fully saturated rings. The zero-order chi connectivity index (χ0) is 18.4. The van der Waals surface area contributed by atoms with Crippen LogP contribution in [0, 0.1) is 5.82 Å². The molecule has 132 valence electrons. The molecule has 0 saturated heterocycles. The average Bonchev–Trinajstić information content (AvgIpc) is 2.58. The first-order valence-electron chi connectivity index (χ1n) is 7.58. The fraction of sp³-hybridized carbons (Fsp3) is 0.222. The van der Waals surface area contributed by atoms with Gasteiger partial charge in [-0.2, -0.15) is 0 Å². The van der Waals surface area contributed by atoms with Gasteiger partial charge in [-0.15, -0.1) is 0 Å². The average molecular weight is 365 g/mol. The number of rotatable bonds is 6. The number of anilines is 2. The van der Waals surface area contributed by atoms with Gasteiger partial charge in [0.1, 0.15) is 11.6 Å². The maximum Gasteiger partial charge on any atom is 0.226 e. The van der Waals surface area contributed by atoms with Crippen LogP contribution >= 0.6 is 11.6 Å². The molecule has 2 amide bonds. The predicted octanol–water partition coefficient (Wildman–Crippen LogP) is 3.87. The zero-order valence-electron chi connectivity index (χ0n) is 13.9. The first-order chi connectivity index (χ1) is 11.9. The molecule has 0 radical (unpaired) electrons. The van der Waals surface area contributed by atoms with Crippen LogP contribution in [0.2, 0.25) is 5.02 Å². The van der Waals surface area contributed by atoms with Crippen molar-refractivity contribution in [3.05, 3.63) is 53.3 Å². The summed E-state index contributed by atoms with van der Waals surface area (Å²) < 4.78 is 18.4. The number of methoxy groups -OCH3 is 1. The van der Waals surface area contributed by atoms with Crippen molar-refractivity contribution in [2.24, 2.45) is 0 Å². The van der Waals surface area contributed by atoms with Gasteiger partial charge in [-0.25, -0.2) is 4.39 Å². The lowest BCUT2D eigenvalue weighted by atomic mass is 10.2. The minimum atomic E-state index is -0.557. The summed E-state index contributed by atoms with van der Waals surface area (Å²) in [6.45, 7) is 1.60. The highest BCUT2D eigenvalue weighted by atomic mass is 35.5. The zero-order valence-corrected chi connectivity index (χ0v) is 14.6. The van der Waals surface area contributed by atoms with E-state index in [4.69, 9.17) is 16.3 Å². The summed E-state index contributed by atoms with van der Waals surface area (Å²) in [6.07, 6.45) is 0.0621. The summed E-state index contributed by atoms with van der Waals surface area (Å²) in [7, 11) is 1.52. The molecule has 0 saturated carbocycles. The molecular formula is C18H18ClFN2O3. The Morgan fingerprint density at radius 2 is 1.96 bits per heavy atom. The van der Waals surface area contributed by atoms with E-state index in [1.807, 2.05) is 0 Å². The summed E-state index contributed by atoms with van der Waals surface area (Å²) in [6, 6.07) is 11.0. The number of carbonyl (C=O) groups excluding carboxylic acids is 2. The lowest BCUT2D eigenvalue weighted by Crippen LogP contribution is -2.32. The SMILES string of the molecule is COc1ccccc1N(CCC(=O)Nc1ccc(F)c(Cl)c1)C(C)=O. The van der Waals surface area contributed by atoms with E-state index < -0.39 is 5.82 Å². The highest BCUT2D eigenvalue weighted by Gasteiger charge is 2.17. The molecule has 0 aliphatic carbocycles. The Hall–Kier alpha value is -2.60. The fourth-order valence-corrected chi connectivity index (χ4v) is 2.49. The van der Waals surface area contributed by atoms with E-state index in [-0.39, 0.29) is 29.8 Å². The number of nitrogens with zero attached hydrogens (tertiary/aromatic N) is 1. The third-order valence-corrected chi connectivity index (χ3v) is 3.81. The Kier molecular flexibility index (Phi) is 6.36. The van der Waals surface area contributed by atoms with Gasteiger partial charge in [-0.1, -0.05) is 23.7 Å². The smallest absolute Gasteiger partial charge is 0.226 e. The van der Waals surface area contributed by atoms with Gasteiger partial charge in [0, 0.05) is 25.6 Å². The van der Waals surface area contributed by atoms with Crippen LogP contribution in [0.3, 0.4) is 0 Å². The third-order valence-electron chi connectivity index (χ3n) is 3.52. The van der Waals surface area contributed by atoms with Crippen LogP contribution in [-0.4, -0.2) is 25.5 Å². The standard InChI is InChI=1S/C18H18ClFN2O3/c1-12(23)22(16-5-3-4-6-17(16)25-2)10-9-18(24)21-13-7-8-15(20)14(19)11-13/h3-8,11H,9-10H2,1-2H3,(H,21,24). The van der Waals surface area contributed by atoms with Gasteiger partial charge in [0.15, 0.2) is 0 Å². The molecule has 0 bridgehead atoms. The molecule has 0 spiro atoms. The Morgan fingerprint density at radius 1 is 1.24 bits per heavy atom. The highest BCUT2D eigenvalue weighted by molar-refractivity contribution is 6.31. The number of hydrogen-bond acceptors (Lipinski definition) is 3. The second-order valence-electron chi connectivity index (χ2n) is 5.27. The Balaban J connectivity index is 2.04. The molecule has 7 heteroatoms. The van der Waals surface area contributed by atoms with Crippen molar-refractivity contribution in [1.29, 1.82) is 0 Å². The summed E-state index contributed by atoms with van der Waals surface area (Å²) in [5.41, 5.74) is 0.984. The van der Waals surface area contributed by atoms with Crippen molar-refractivity contribution < 1.29 is 18.7 Å². The van der Waals surface area contributed by atoms with Gasteiger partial charge in [0.2, 0.25) is 11.8 Å². The number of nitrogens with one attached hydrogen (secondary N) is 1. The number of benzene rings is 2. The second-order valence-corrected chi connectivity index (χ2v) is 5.68. The van der Waals surface area contributed by atoms with Gasteiger partial charge in [-0.3, -0.25) is 9.59 Å². The number of hydrogen-bond donors (Lipinski definition) is 1. The van der Waals surface area contributed by atoms with Gasteiger partial charge in [-0.05, 0) is 30.3 Å². The molecule has 1 N–H and O–H groups in total. The molecule has 2 aromatic carbocycles. The normalized spacial score (nSPS) is 10.2. The van der Waals surface area contributed by atoms with Crippen LogP contribution in [0.25, 0.3) is 0 Å². The minimum absolute atomic E-state index is 0.0621. The lowest BCUT2D eigenvalue weighted by molar-refractivity contribution is -0.117. The molecule has 0 aliphatic heterocycles. The quantitative estimate of drug-likeness (QED) is 0.846. The second kappa shape index (κ2) is 8.48. The van der Waals surface area contributed by atoms with Crippen molar-refractivity contribution in [2.45, 2.75) is 13.3 Å². The third kappa shape index (κ3) is 4.93. The number of para-hydroxylation sites is 2. The van der Waals surface area contributed by atoms with Gasteiger partial charge >= 0.3 is 0 Å². The molecule has 0 aromatic heterocycles. The number of amides is 2. The van der Waals surface area contributed by atoms with Gasteiger partial charge in [0.25, 0.3) is 0 Å². The Morgan fingerprint density at radius 3 is 2.60 bits per heavy atom. The molecule has 0 heterocycles. The van der Waals surface area contributed by atoms with Crippen LogP contribution < -0.4 is 15.0 Å². The van der Waals surface area contributed by atoms with Crippen molar-refractivity contribution in [3.63, 3.8) is 0 Å². The molecule has 0 unspecified atom stereocenters. The van der Waals surface area contributed by atoms with Crippen LogP contribution in [0.1, 0.15) is 13.3 Å². The lowest BCUT2D eigenvalue weighted by Gasteiger charge is -2.23. The van der Waals surface area contributed by atoms with E-state index in [1.165, 1.54) is 37.1 Å². The van der Waals surface area contributed by atoms with Crippen molar-refractivity contribution in [3.8, 4) is 5.75 Å².